The van der Waals surface area contributed by atoms with Crippen molar-refractivity contribution in [1.82, 2.24) is 15.2 Å². The number of piperazine rings is 1. The summed E-state index contributed by atoms with van der Waals surface area (Å²) in [4.78, 5) is 6.81. The Hall–Kier alpha value is -2.74. The Kier molecular flexibility index (Phi) is 6.13. The molecule has 7 heteroatoms. The van der Waals surface area contributed by atoms with Crippen LogP contribution < -0.4 is 11.1 Å². The average Bonchev–Trinajstić information content (AvgIpc) is 2.79. The maximum atomic E-state index is 13.1. The number of sulfone groups is 1. The first-order valence-electron chi connectivity index (χ1n) is 10.1. The Labute approximate surface area is 177 Å². The van der Waals surface area contributed by atoms with E-state index in [0.717, 1.165) is 29.8 Å². The Balaban J connectivity index is 1.45. The van der Waals surface area contributed by atoms with Crippen molar-refractivity contribution >= 4 is 15.7 Å². The number of pyridine rings is 1. The first-order valence-corrected chi connectivity index (χ1v) is 11.6. The van der Waals surface area contributed by atoms with Crippen LogP contribution in [0.25, 0.3) is 11.3 Å². The van der Waals surface area contributed by atoms with E-state index in [1.165, 1.54) is 0 Å². The summed E-state index contributed by atoms with van der Waals surface area (Å²) in [7, 11) is -3.42. The second-order valence-electron chi connectivity index (χ2n) is 7.45. The van der Waals surface area contributed by atoms with Gasteiger partial charge in [0.15, 0.2) is 9.84 Å². The van der Waals surface area contributed by atoms with Gasteiger partial charge in [0.1, 0.15) is 11.2 Å². The molecule has 2 heterocycles. The fraction of sp³-hybridized carbons (Fsp3) is 0.261. The summed E-state index contributed by atoms with van der Waals surface area (Å²) in [5.74, 6) is 0.501. The third-order valence-electron chi connectivity index (χ3n) is 5.44. The number of benzene rings is 2. The number of nitrogens with two attached hydrogens (primary N) is 1. The lowest BCUT2D eigenvalue weighted by atomic mass is 10.1. The second kappa shape index (κ2) is 8.95. The normalized spacial score (nSPS) is 17.7. The van der Waals surface area contributed by atoms with Crippen LogP contribution in [0.2, 0.25) is 0 Å². The molecule has 1 aliphatic heterocycles. The number of hydrogen-bond acceptors (Lipinski definition) is 6. The van der Waals surface area contributed by atoms with Gasteiger partial charge in [0.2, 0.25) is 0 Å². The zero-order valence-corrected chi connectivity index (χ0v) is 17.6. The fourth-order valence-electron chi connectivity index (χ4n) is 3.78. The highest BCUT2D eigenvalue weighted by molar-refractivity contribution is 7.92. The molecule has 1 aliphatic rings. The molecule has 6 nitrogen and oxygen atoms in total. The Morgan fingerprint density at radius 1 is 1.00 bits per heavy atom. The summed E-state index contributed by atoms with van der Waals surface area (Å²) < 4.78 is 26.3. The van der Waals surface area contributed by atoms with Crippen LogP contribution in [-0.4, -0.2) is 49.9 Å². The molecule has 2 aromatic carbocycles. The van der Waals surface area contributed by atoms with Crippen LogP contribution in [0.3, 0.4) is 0 Å². The molecule has 1 aromatic heterocycles. The maximum Gasteiger partial charge on any atom is 0.195 e. The first-order chi connectivity index (χ1) is 14.5. The van der Waals surface area contributed by atoms with Gasteiger partial charge in [-0.15, -0.1) is 0 Å². The minimum Gasteiger partial charge on any atom is -0.384 e. The number of hydrogen-bond donors (Lipinski definition) is 2. The minimum atomic E-state index is -3.42. The molecule has 0 radical (unpaired) electrons. The van der Waals surface area contributed by atoms with Gasteiger partial charge in [0.05, 0.1) is 10.6 Å². The largest absolute Gasteiger partial charge is 0.384 e. The highest BCUT2D eigenvalue weighted by Crippen LogP contribution is 2.22. The number of anilines is 1. The molecule has 3 aromatic rings. The van der Waals surface area contributed by atoms with Gasteiger partial charge in [-0.2, -0.15) is 0 Å². The topological polar surface area (TPSA) is 88.3 Å². The van der Waals surface area contributed by atoms with Gasteiger partial charge in [0.25, 0.3) is 0 Å². The van der Waals surface area contributed by atoms with E-state index in [-0.39, 0.29) is 0 Å². The molecule has 1 saturated heterocycles. The molecular weight excluding hydrogens is 396 g/mol. The summed E-state index contributed by atoms with van der Waals surface area (Å²) in [6, 6.07) is 22.5. The van der Waals surface area contributed by atoms with Crippen molar-refractivity contribution in [2.75, 3.05) is 31.9 Å². The predicted molar refractivity (Wildman–Crippen MR) is 120 cm³/mol. The van der Waals surface area contributed by atoms with E-state index in [1.54, 1.807) is 30.3 Å². The van der Waals surface area contributed by atoms with Crippen molar-refractivity contribution in [3.63, 3.8) is 0 Å². The van der Waals surface area contributed by atoms with E-state index in [4.69, 9.17) is 5.73 Å². The van der Waals surface area contributed by atoms with Gasteiger partial charge in [-0.3, -0.25) is 4.90 Å². The summed E-state index contributed by atoms with van der Waals surface area (Å²) in [6.45, 7) is 2.63. The van der Waals surface area contributed by atoms with Crippen molar-refractivity contribution < 1.29 is 8.42 Å². The number of nitrogen functional groups attached to an aromatic ring is 1. The van der Waals surface area contributed by atoms with Crippen LogP contribution in [0, 0.1) is 0 Å². The molecule has 1 fully saturated rings. The van der Waals surface area contributed by atoms with E-state index in [0.29, 0.717) is 30.3 Å². The molecule has 30 heavy (non-hydrogen) atoms. The number of nitrogens with zero attached hydrogens (tertiary/aromatic N) is 2. The Morgan fingerprint density at radius 3 is 2.50 bits per heavy atom. The van der Waals surface area contributed by atoms with Gasteiger partial charge in [-0.25, -0.2) is 13.4 Å². The SMILES string of the molecule is Nc1cccc(-c2ccc(CCN3CCNCC3S(=O)(=O)c3ccccc3)cc2)n1. The molecule has 1 atom stereocenters. The third-order valence-corrected chi connectivity index (χ3v) is 7.55. The third kappa shape index (κ3) is 4.53. The summed E-state index contributed by atoms with van der Waals surface area (Å²) in [5, 5.41) is 2.68. The van der Waals surface area contributed by atoms with Crippen molar-refractivity contribution in [1.29, 1.82) is 0 Å². The average molecular weight is 423 g/mol. The molecule has 0 bridgehead atoms. The van der Waals surface area contributed by atoms with E-state index in [9.17, 15) is 8.42 Å². The summed E-state index contributed by atoms with van der Waals surface area (Å²) in [6.07, 6.45) is 0.783. The summed E-state index contributed by atoms with van der Waals surface area (Å²) >= 11 is 0. The van der Waals surface area contributed by atoms with Gasteiger partial charge in [-0.1, -0.05) is 48.5 Å². The van der Waals surface area contributed by atoms with Crippen LogP contribution in [0.5, 0.6) is 0 Å². The molecule has 1 unspecified atom stereocenters. The second-order valence-corrected chi connectivity index (χ2v) is 9.55. The van der Waals surface area contributed by atoms with Gasteiger partial charge < -0.3 is 11.1 Å². The predicted octanol–water partition coefficient (Wildman–Crippen LogP) is 2.58. The van der Waals surface area contributed by atoms with Crippen molar-refractivity contribution in [3.8, 4) is 11.3 Å². The van der Waals surface area contributed by atoms with Crippen LogP contribution in [0.1, 0.15) is 5.56 Å². The lowest BCUT2D eigenvalue weighted by Crippen LogP contribution is -2.55. The molecule has 0 saturated carbocycles. The number of rotatable bonds is 6. The summed E-state index contributed by atoms with van der Waals surface area (Å²) in [5.41, 5.74) is 8.80. The van der Waals surface area contributed by atoms with E-state index < -0.39 is 15.2 Å². The van der Waals surface area contributed by atoms with E-state index >= 15 is 0 Å². The van der Waals surface area contributed by atoms with Crippen LogP contribution in [0.15, 0.2) is 77.7 Å². The van der Waals surface area contributed by atoms with Gasteiger partial charge >= 0.3 is 0 Å². The smallest absolute Gasteiger partial charge is 0.195 e. The monoisotopic (exact) mass is 422 g/mol. The highest BCUT2D eigenvalue weighted by Gasteiger charge is 2.34. The Bertz CT molecular complexity index is 1090. The fourth-order valence-corrected chi connectivity index (χ4v) is 5.57. The molecular formula is C23H26N4O2S. The molecule has 0 aliphatic carbocycles. The minimum absolute atomic E-state index is 0.377. The first kappa shape index (κ1) is 20.5. The molecule has 0 amide bonds. The lowest BCUT2D eigenvalue weighted by Gasteiger charge is -2.35. The lowest BCUT2D eigenvalue weighted by molar-refractivity contribution is 0.212. The van der Waals surface area contributed by atoms with Crippen LogP contribution >= 0.6 is 0 Å². The van der Waals surface area contributed by atoms with Crippen molar-refractivity contribution in [2.24, 2.45) is 0 Å². The van der Waals surface area contributed by atoms with Crippen molar-refractivity contribution in [3.05, 3.63) is 78.4 Å². The van der Waals surface area contributed by atoms with Gasteiger partial charge in [0, 0.05) is 31.7 Å². The zero-order valence-electron chi connectivity index (χ0n) is 16.7. The zero-order chi connectivity index (χ0) is 21.0. The van der Waals surface area contributed by atoms with Crippen molar-refractivity contribution in [2.45, 2.75) is 16.7 Å². The quantitative estimate of drug-likeness (QED) is 0.635. The highest BCUT2D eigenvalue weighted by atomic mass is 32.2. The molecule has 156 valence electrons. The molecule has 3 N–H and O–H groups in total. The van der Waals surface area contributed by atoms with Gasteiger partial charge in [-0.05, 0) is 36.2 Å². The Morgan fingerprint density at radius 2 is 1.77 bits per heavy atom. The maximum absolute atomic E-state index is 13.1. The van der Waals surface area contributed by atoms with E-state index in [1.807, 2.05) is 30.3 Å². The standard InChI is InChI=1S/C23H26N4O2S/c24-22-8-4-7-21(26-22)19-11-9-18(10-12-19)13-15-27-16-14-25-17-23(27)30(28,29)20-5-2-1-3-6-20/h1-12,23,25H,13-17H2,(H2,24,26). The van der Waals surface area contributed by atoms with E-state index in [2.05, 4.69) is 27.3 Å². The molecule has 0 spiro atoms. The molecule has 4 rings (SSSR count). The van der Waals surface area contributed by atoms with Crippen LogP contribution in [-0.2, 0) is 16.3 Å². The van der Waals surface area contributed by atoms with Crippen LogP contribution in [0.4, 0.5) is 5.82 Å². The number of aromatic nitrogens is 1. The number of nitrogens with one attached hydrogen (secondary N) is 1.